The molecule has 5 N–H and O–H groups in total. The molecule has 0 aliphatic carbocycles. The van der Waals surface area contributed by atoms with Crippen LogP contribution in [0.25, 0.3) is 0 Å². The number of nitrogens with one attached hydrogen (secondary N) is 5. The molecule has 21 heteroatoms. The van der Waals surface area contributed by atoms with Crippen molar-refractivity contribution in [1.82, 2.24) is 41.2 Å². The van der Waals surface area contributed by atoms with E-state index >= 15 is 0 Å². The predicted octanol–water partition coefficient (Wildman–Crippen LogP) is 5.02. The first-order valence-electron chi connectivity index (χ1n) is 18.6. The Morgan fingerprint density at radius 2 is 1.22 bits per heavy atom. The first-order valence-corrected chi connectivity index (χ1v) is 18.6. The standard InChI is InChI=1S/C22H27F3N4O4.C16H17F3N4O3/c1-2-32-16-8-6-15(7-9-16)20(30)26-10-11-27-21(31)18-14-29(28-19(18)22(23,24)25)13-17-5-3-4-12-33-17;1-2-26-11-5-3-10(4-6-11)14(24)20-7-8-21-15(25)12-9-22-23-13(12)16(17,18)19/h6-9,14,17H,2-5,10-13H2,1H3,(H,26,30)(H,27,31);3-6,9H,2,7-8H2,1H3,(H,20,24)(H,21,25)(H,22,23). The van der Waals surface area contributed by atoms with Crippen molar-refractivity contribution in [2.24, 2.45) is 0 Å². The van der Waals surface area contributed by atoms with Gasteiger partial charge in [-0.15, -0.1) is 0 Å². The monoisotopic (exact) mass is 838 g/mol. The van der Waals surface area contributed by atoms with Crippen molar-refractivity contribution in [3.63, 3.8) is 0 Å². The molecule has 5 rings (SSSR count). The third-order valence-corrected chi connectivity index (χ3v) is 8.35. The number of H-pyrrole nitrogens is 1. The fraction of sp³-hybridized carbons (Fsp3) is 0.421. The predicted molar refractivity (Wildman–Crippen MR) is 199 cm³/mol. The van der Waals surface area contributed by atoms with Crippen molar-refractivity contribution in [3.05, 3.63) is 94.6 Å². The van der Waals surface area contributed by atoms with E-state index in [-0.39, 0.29) is 50.6 Å². The van der Waals surface area contributed by atoms with E-state index in [2.05, 4.69) is 31.5 Å². The highest BCUT2D eigenvalue weighted by Gasteiger charge is 2.40. The van der Waals surface area contributed by atoms with Gasteiger partial charge in [-0.2, -0.15) is 36.5 Å². The SMILES string of the molecule is CCOc1ccc(C(=O)NCCNC(=O)c2cn(CC3CCCCO3)nc2C(F)(F)F)cc1.CCOc1ccc(C(=O)NCCNC(=O)c2cn[nH]c2C(F)(F)F)cc1. The van der Waals surface area contributed by atoms with Crippen molar-refractivity contribution < 1.29 is 59.7 Å². The van der Waals surface area contributed by atoms with Crippen molar-refractivity contribution in [2.75, 3.05) is 46.0 Å². The molecule has 1 unspecified atom stereocenters. The number of rotatable bonds is 16. The van der Waals surface area contributed by atoms with E-state index in [0.29, 0.717) is 42.4 Å². The molecule has 0 saturated carbocycles. The Bertz CT molecular complexity index is 1980. The summed E-state index contributed by atoms with van der Waals surface area (Å²) in [7, 11) is 0. The molecule has 1 aliphatic heterocycles. The van der Waals surface area contributed by atoms with Crippen molar-refractivity contribution >= 4 is 23.6 Å². The van der Waals surface area contributed by atoms with Crippen LogP contribution < -0.4 is 30.7 Å². The van der Waals surface area contributed by atoms with Crippen molar-refractivity contribution in [1.29, 1.82) is 0 Å². The Kier molecular flexibility index (Phi) is 16.7. The molecule has 4 amide bonds. The van der Waals surface area contributed by atoms with Gasteiger partial charge in [0.15, 0.2) is 11.4 Å². The lowest BCUT2D eigenvalue weighted by Gasteiger charge is -2.22. The Morgan fingerprint density at radius 1 is 0.729 bits per heavy atom. The van der Waals surface area contributed by atoms with Crippen LogP contribution >= 0.6 is 0 Å². The van der Waals surface area contributed by atoms with E-state index in [1.54, 1.807) is 53.6 Å². The average molecular weight is 839 g/mol. The van der Waals surface area contributed by atoms with Crippen LogP contribution in [0.4, 0.5) is 26.3 Å². The summed E-state index contributed by atoms with van der Waals surface area (Å²) in [5.74, 6) is -1.31. The fourth-order valence-electron chi connectivity index (χ4n) is 5.56. The number of halogens is 6. The van der Waals surface area contributed by atoms with Crippen LogP contribution in [0, 0.1) is 0 Å². The molecule has 2 aromatic carbocycles. The number of aromatic nitrogens is 4. The minimum absolute atomic E-state index is 0.0376. The molecular weight excluding hydrogens is 794 g/mol. The zero-order valence-corrected chi connectivity index (χ0v) is 32.1. The summed E-state index contributed by atoms with van der Waals surface area (Å²) < 4.78 is 95.5. The molecule has 2 aromatic heterocycles. The van der Waals surface area contributed by atoms with Crippen LogP contribution in [-0.4, -0.2) is 95.7 Å². The average Bonchev–Trinajstić information content (AvgIpc) is 3.89. The van der Waals surface area contributed by atoms with Gasteiger partial charge in [0.05, 0.1) is 43.2 Å². The number of aromatic amines is 1. The van der Waals surface area contributed by atoms with Gasteiger partial charge in [-0.05, 0) is 81.6 Å². The van der Waals surface area contributed by atoms with E-state index in [1.165, 1.54) is 0 Å². The molecule has 0 bridgehead atoms. The summed E-state index contributed by atoms with van der Waals surface area (Å²) >= 11 is 0. The van der Waals surface area contributed by atoms with E-state index in [1.807, 2.05) is 13.8 Å². The summed E-state index contributed by atoms with van der Waals surface area (Å²) in [6.45, 7) is 5.44. The molecule has 1 atom stereocenters. The van der Waals surface area contributed by atoms with E-state index in [0.717, 1.165) is 36.3 Å². The number of amides is 4. The second-order valence-corrected chi connectivity index (χ2v) is 12.7. The molecule has 0 spiro atoms. The van der Waals surface area contributed by atoms with E-state index in [9.17, 15) is 45.5 Å². The highest BCUT2D eigenvalue weighted by atomic mass is 19.4. The Labute approximate surface area is 334 Å². The summed E-state index contributed by atoms with van der Waals surface area (Å²) in [4.78, 5) is 48.3. The van der Waals surface area contributed by atoms with Gasteiger partial charge in [-0.1, -0.05) is 0 Å². The number of hydrogen-bond donors (Lipinski definition) is 5. The number of benzene rings is 2. The van der Waals surface area contributed by atoms with Gasteiger partial charge in [0, 0.05) is 50.1 Å². The first-order chi connectivity index (χ1) is 28.1. The van der Waals surface area contributed by atoms with E-state index < -0.39 is 46.7 Å². The quantitative estimate of drug-likeness (QED) is 0.0763. The zero-order chi connectivity index (χ0) is 43.0. The molecule has 1 fully saturated rings. The minimum atomic E-state index is -4.77. The van der Waals surface area contributed by atoms with Crippen molar-refractivity contribution in [2.45, 2.75) is 58.1 Å². The third kappa shape index (κ3) is 14.0. The highest BCUT2D eigenvalue weighted by molar-refractivity contribution is 5.97. The summed E-state index contributed by atoms with van der Waals surface area (Å²) in [5, 5.41) is 18.4. The van der Waals surface area contributed by atoms with Gasteiger partial charge in [0.25, 0.3) is 23.6 Å². The summed E-state index contributed by atoms with van der Waals surface area (Å²) in [6, 6.07) is 13.0. The fourth-order valence-corrected chi connectivity index (χ4v) is 5.56. The van der Waals surface area contributed by atoms with Crippen LogP contribution in [0.3, 0.4) is 0 Å². The van der Waals surface area contributed by atoms with Crippen LogP contribution in [-0.2, 0) is 23.6 Å². The summed E-state index contributed by atoms with van der Waals surface area (Å²) in [6.07, 6.45) is -5.21. The molecule has 4 aromatic rings. The van der Waals surface area contributed by atoms with Crippen LogP contribution in [0.2, 0.25) is 0 Å². The maximum absolute atomic E-state index is 13.4. The molecule has 320 valence electrons. The molecule has 3 heterocycles. The number of hydrogen-bond acceptors (Lipinski definition) is 9. The molecular formula is C38H44F6N8O7. The van der Waals surface area contributed by atoms with Crippen LogP contribution in [0.1, 0.15) is 85.9 Å². The van der Waals surface area contributed by atoms with Gasteiger partial charge >= 0.3 is 12.4 Å². The first kappa shape index (κ1) is 45.6. The molecule has 15 nitrogen and oxygen atoms in total. The Balaban J connectivity index is 0.000000268. The lowest BCUT2D eigenvalue weighted by Crippen LogP contribution is -2.35. The molecule has 1 saturated heterocycles. The van der Waals surface area contributed by atoms with Gasteiger partial charge in [-0.3, -0.25) is 29.0 Å². The zero-order valence-electron chi connectivity index (χ0n) is 32.1. The molecule has 1 aliphatic rings. The van der Waals surface area contributed by atoms with Gasteiger partial charge < -0.3 is 35.5 Å². The molecule has 0 radical (unpaired) electrons. The number of alkyl halides is 6. The normalized spacial score (nSPS) is 14.0. The van der Waals surface area contributed by atoms with Gasteiger partial charge in [0.2, 0.25) is 0 Å². The van der Waals surface area contributed by atoms with Gasteiger partial charge in [-0.25, -0.2) is 0 Å². The molecule has 59 heavy (non-hydrogen) atoms. The van der Waals surface area contributed by atoms with Crippen LogP contribution in [0.5, 0.6) is 11.5 Å². The van der Waals surface area contributed by atoms with Crippen LogP contribution in [0.15, 0.2) is 60.9 Å². The van der Waals surface area contributed by atoms with Crippen molar-refractivity contribution in [3.8, 4) is 11.5 Å². The number of nitrogens with zero attached hydrogens (tertiary/aromatic N) is 3. The minimum Gasteiger partial charge on any atom is -0.494 e. The second kappa shape index (κ2) is 21.6. The largest absolute Gasteiger partial charge is 0.494 e. The lowest BCUT2D eigenvalue weighted by molar-refractivity contribution is -0.142. The number of carbonyl (C=O) groups excluding carboxylic acids is 4. The number of ether oxygens (including phenoxy) is 3. The topological polar surface area (TPSA) is 191 Å². The second-order valence-electron chi connectivity index (χ2n) is 12.7. The highest BCUT2D eigenvalue weighted by Crippen LogP contribution is 2.31. The summed E-state index contributed by atoms with van der Waals surface area (Å²) in [5.41, 5.74) is -2.82. The smallest absolute Gasteiger partial charge is 0.435 e. The third-order valence-electron chi connectivity index (χ3n) is 8.35. The Morgan fingerprint density at radius 3 is 1.66 bits per heavy atom. The van der Waals surface area contributed by atoms with Gasteiger partial charge in [0.1, 0.15) is 11.5 Å². The maximum Gasteiger partial charge on any atom is 0.435 e. The lowest BCUT2D eigenvalue weighted by atomic mass is 10.1. The number of carbonyl (C=O) groups is 4. The Hall–Kier alpha value is -6.12. The maximum atomic E-state index is 13.4. The van der Waals surface area contributed by atoms with E-state index in [4.69, 9.17) is 14.2 Å².